The Hall–Kier alpha value is -5.31. The molecule has 9 nitrogen and oxygen atoms in total. The molecule has 0 N–H and O–H groups in total. The smallest absolute Gasteiger partial charge is 0.333 e. The molecular formula is C37H40O9. The summed E-state index contributed by atoms with van der Waals surface area (Å²) >= 11 is 0. The molecule has 0 aliphatic carbocycles. The number of ether oxygens (including phenoxy) is 4. The van der Waals surface area contributed by atoms with Crippen LogP contribution in [0, 0.1) is 0 Å². The van der Waals surface area contributed by atoms with Crippen molar-refractivity contribution in [2.45, 2.75) is 39.5 Å². The summed E-state index contributed by atoms with van der Waals surface area (Å²) in [4.78, 5) is 60.6. The van der Waals surface area contributed by atoms with Gasteiger partial charge in [-0.05, 0) is 50.5 Å². The highest BCUT2D eigenvalue weighted by molar-refractivity contribution is 6.06. The monoisotopic (exact) mass is 628 g/mol. The van der Waals surface area contributed by atoms with Crippen molar-refractivity contribution in [2.75, 3.05) is 26.4 Å². The van der Waals surface area contributed by atoms with E-state index in [0.717, 1.165) is 11.1 Å². The lowest BCUT2D eigenvalue weighted by Crippen LogP contribution is -2.20. The van der Waals surface area contributed by atoms with Crippen LogP contribution in [0.25, 0.3) is 6.08 Å². The lowest BCUT2D eigenvalue weighted by atomic mass is 9.97. The van der Waals surface area contributed by atoms with E-state index in [4.69, 9.17) is 18.9 Å². The van der Waals surface area contributed by atoms with E-state index >= 15 is 0 Å². The maximum absolute atomic E-state index is 12.9. The standard InChI is InChI=1S/C37H40O9/c1-23(2)34(39)43-19-31(20-44-35(40)24(3)4)28-12-9-27(10-13-28)11-18-33(38)30-16-14-29(15-17-30)32(21-45-36(41)25(5)6)22-46-37(42)26(7)8/h9-18,31-32H,1,3,5,7,19-22H2,2,4,6,8H3/b18-11+. The van der Waals surface area contributed by atoms with Gasteiger partial charge in [0.15, 0.2) is 5.78 Å². The normalized spacial score (nSPS) is 10.7. The molecule has 242 valence electrons. The molecule has 0 heterocycles. The van der Waals surface area contributed by atoms with E-state index in [2.05, 4.69) is 26.3 Å². The maximum Gasteiger partial charge on any atom is 0.333 e. The summed E-state index contributed by atoms with van der Waals surface area (Å²) in [6, 6.07) is 13.9. The van der Waals surface area contributed by atoms with Crippen molar-refractivity contribution < 1.29 is 42.9 Å². The first-order valence-corrected chi connectivity index (χ1v) is 14.4. The van der Waals surface area contributed by atoms with Crippen LogP contribution in [0.4, 0.5) is 0 Å². The molecule has 0 unspecified atom stereocenters. The van der Waals surface area contributed by atoms with Crippen LogP contribution in [-0.4, -0.2) is 56.1 Å². The fourth-order valence-corrected chi connectivity index (χ4v) is 3.75. The second kappa shape index (κ2) is 17.9. The van der Waals surface area contributed by atoms with Gasteiger partial charge in [-0.2, -0.15) is 0 Å². The average Bonchev–Trinajstić information content (AvgIpc) is 3.03. The molecule has 2 rings (SSSR count). The molecular weight excluding hydrogens is 588 g/mol. The Labute approximate surface area is 269 Å². The Bertz CT molecular complexity index is 1470. The molecule has 0 radical (unpaired) electrons. The number of esters is 4. The van der Waals surface area contributed by atoms with Crippen LogP contribution in [0.3, 0.4) is 0 Å². The predicted molar refractivity (Wildman–Crippen MR) is 175 cm³/mol. The van der Waals surface area contributed by atoms with Crippen molar-refractivity contribution in [1.29, 1.82) is 0 Å². The van der Waals surface area contributed by atoms with Crippen molar-refractivity contribution >= 4 is 35.7 Å². The SMILES string of the molecule is C=C(C)C(=O)OCC(COC(=O)C(=C)C)c1ccc(/C=C/C(=O)c2ccc(C(COC(=O)C(=C)C)COC(=O)C(=C)C)cc2)cc1. The molecule has 0 amide bonds. The lowest BCUT2D eigenvalue weighted by molar-refractivity contribution is -0.144. The number of hydrogen-bond donors (Lipinski definition) is 0. The highest BCUT2D eigenvalue weighted by atomic mass is 16.6. The number of ketones is 1. The van der Waals surface area contributed by atoms with Gasteiger partial charge in [-0.25, -0.2) is 19.2 Å². The molecule has 0 aromatic heterocycles. The second-order valence-electron chi connectivity index (χ2n) is 10.9. The number of allylic oxidation sites excluding steroid dienone is 1. The van der Waals surface area contributed by atoms with Gasteiger partial charge in [-0.1, -0.05) is 80.9 Å². The van der Waals surface area contributed by atoms with Crippen LogP contribution >= 0.6 is 0 Å². The minimum absolute atomic E-state index is 0.0215. The van der Waals surface area contributed by atoms with Crippen molar-refractivity contribution in [3.8, 4) is 0 Å². The molecule has 9 heteroatoms. The molecule has 0 saturated heterocycles. The molecule has 2 aromatic carbocycles. The van der Waals surface area contributed by atoms with E-state index in [9.17, 15) is 24.0 Å². The highest BCUT2D eigenvalue weighted by Gasteiger charge is 2.20. The average molecular weight is 629 g/mol. The predicted octanol–water partition coefficient (Wildman–Crippen LogP) is 6.23. The van der Waals surface area contributed by atoms with Gasteiger partial charge in [0, 0.05) is 27.9 Å². The minimum Gasteiger partial charge on any atom is -0.462 e. The van der Waals surface area contributed by atoms with Crippen molar-refractivity contribution in [2.24, 2.45) is 0 Å². The molecule has 0 spiro atoms. The quantitative estimate of drug-likeness (QED) is 0.0869. The molecule has 0 aliphatic rings. The number of rotatable bonds is 17. The zero-order valence-electron chi connectivity index (χ0n) is 26.8. The first-order valence-electron chi connectivity index (χ1n) is 14.4. The fourth-order valence-electron chi connectivity index (χ4n) is 3.75. The van der Waals surface area contributed by atoms with Gasteiger partial charge in [-0.15, -0.1) is 0 Å². The van der Waals surface area contributed by atoms with Crippen molar-refractivity contribution in [3.63, 3.8) is 0 Å². The number of carbonyl (C=O) groups is 5. The first kappa shape index (κ1) is 36.9. The van der Waals surface area contributed by atoms with Gasteiger partial charge < -0.3 is 18.9 Å². The summed E-state index contributed by atoms with van der Waals surface area (Å²) in [7, 11) is 0. The van der Waals surface area contributed by atoms with Gasteiger partial charge >= 0.3 is 23.9 Å². The van der Waals surface area contributed by atoms with Crippen LogP contribution in [0.5, 0.6) is 0 Å². The third-order valence-corrected chi connectivity index (χ3v) is 6.56. The Morgan fingerprint density at radius 2 is 0.848 bits per heavy atom. The Morgan fingerprint density at radius 1 is 0.543 bits per heavy atom. The zero-order chi connectivity index (χ0) is 34.4. The van der Waals surface area contributed by atoms with Crippen molar-refractivity contribution in [3.05, 3.63) is 125 Å². The Morgan fingerprint density at radius 3 is 1.15 bits per heavy atom. The largest absolute Gasteiger partial charge is 0.462 e. The van der Waals surface area contributed by atoms with Gasteiger partial charge in [0.1, 0.15) is 26.4 Å². The van der Waals surface area contributed by atoms with Crippen LogP contribution in [0.2, 0.25) is 0 Å². The van der Waals surface area contributed by atoms with Gasteiger partial charge in [-0.3, -0.25) is 4.79 Å². The van der Waals surface area contributed by atoms with Crippen LogP contribution in [-0.2, 0) is 38.1 Å². The highest BCUT2D eigenvalue weighted by Crippen LogP contribution is 2.21. The molecule has 0 aliphatic heterocycles. The maximum atomic E-state index is 12.9. The topological polar surface area (TPSA) is 122 Å². The van der Waals surface area contributed by atoms with Crippen LogP contribution in [0.15, 0.2) is 103 Å². The molecule has 0 fully saturated rings. The summed E-state index contributed by atoms with van der Waals surface area (Å²) in [6.45, 7) is 20.3. The number of benzene rings is 2. The Balaban J connectivity index is 2.13. The first-order chi connectivity index (χ1) is 21.7. The molecule has 46 heavy (non-hydrogen) atoms. The summed E-state index contributed by atoms with van der Waals surface area (Å²) in [6.07, 6.45) is 3.10. The Kier molecular flexibility index (Phi) is 14.3. The fraction of sp³-hybridized carbons (Fsp3) is 0.270. The van der Waals surface area contributed by atoms with E-state index in [1.807, 2.05) is 0 Å². The molecule has 0 atom stereocenters. The van der Waals surface area contributed by atoms with Gasteiger partial charge in [0.25, 0.3) is 0 Å². The van der Waals surface area contributed by atoms with E-state index in [0.29, 0.717) is 11.1 Å². The van der Waals surface area contributed by atoms with Crippen molar-refractivity contribution in [1.82, 2.24) is 0 Å². The summed E-state index contributed by atoms with van der Waals surface area (Å²) < 4.78 is 21.2. The summed E-state index contributed by atoms with van der Waals surface area (Å²) in [5.41, 5.74) is 3.63. The van der Waals surface area contributed by atoms with Crippen LogP contribution in [0.1, 0.15) is 66.6 Å². The summed E-state index contributed by atoms with van der Waals surface area (Å²) in [5, 5.41) is 0. The zero-order valence-corrected chi connectivity index (χ0v) is 26.8. The van der Waals surface area contributed by atoms with Crippen LogP contribution < -0.4 is 0 Å². The lowest BCUT2D eigenvalue weighted by Gasteiger charge is -2.18. The third-order valence-electron chi connectivity index (χ3n) is 6.56. The summed E-state index contributed by atoms with van der Waals surface area (Å²) in [5.74, 6) is -3.36. The van der Waals surface area contributed by atoms with E-state index in [-0.39, 0.29) is 54.5 Å². The molecule has 2 aromatic rings. The van der Waals surface area contributed by atoms with E-state index in [1.54, 1.807) is 68.5 Å². The van der Waals surface area contributed by atoms with Gasteiger partial charge in [0.05, 0.1) is 11.8 Å². The number of hydrogen-bond acceptors (Lipinski definition) is 9. The molecule has 0 bridgehead atoms. The molecule has 0 saturated carbocycles. The van der Waals surface area contributed by atoms with E-state index in [1.165, 1.54) is 19.9 Å². The second-order valence-corrected chi connectivity index (χ2v) is 10.9. The van der Waals surface area contributed by atoms with E-state index < -0.39 is 35.7 Å². The minimum atomic E-state index is -0.561. The number of carbonyl (C=O) groups excluding carboxylic acids is 5. The third kappa shape index (κ3) is 12.0. The van der Waals surface area contributed by atoms with Gasteiger partial charge in [0.2, 0.25) is 0 Å².